The molecular weight excluding hydrogens is 144 g/mol. The fraction of sp³-hybridized carbons (Fsp3) is 0.917. The Balaban J connectivity index is 4.05. The predicted molar refractivity (Wildman–Crippen MR) is 57.1 cm³/mol. The molecule has 0 spiro atoms. The smallest absolute Gasteiger partial charge is 0.0185 e. The van der Waals surface area contributed by atoms with Crippen LogP contribution in [0, 0.1) is 17.8 Å². The minimum Gasteiger partial charge on any atom is -0.0654 e. The van der Waals surface area contributed by atoms with Gasteiger partial charge in [0.05, 0.1) is 0 Å². The van der Waals surface area contributed by atoms with Gasteiger partial charge in [0.2, 0.25) is 0 Å². The summed E-state index contributed by atoms with van der Waals surface area (Å²) in [6.07, 6.45) is 5.29. The first-order valence-electron chi connectivity index (χ1n) is 5.52. The van der Waals surface area contributed by atoms with Crippen molar-refractivity contribution in [3.05, 3.63) is 5.92 Å². The van der Waals surface area contributed by atoms with E-state index in [1.165, 1.54) is 25.7 Å². The van der Waals surface area contributed by atoms with Gasteiger partial charge in [-0.25, -0.2) is 0 Å². The van der Waals surface area contributed by atoms with Crippen molar-refractivity contribution < 1.29 is 0 Å². The summed E-state index contributed by atoms with van der Waals surface area (Å²) in [5, 5.41) is 0. The summed E-state index contributed by atoms with van der Waals surface area (Å²) in [7, 11) is 0. The van der Waals surface area contributed by atoms with Crippen molar-refractivity contribution in [2.24, 2.45) is 11.8 Å². The Bertz CT molecular complexity index is 90.2. The highest BCUT2D eigenvalue weighted by atomic mass is 14.3. The third-order valence-corrected chi connectivity index (χ3v) is 2.79. The van der Waals surface area contributed by atoms with Crippen LogP contribution in [0.3, 0.4) is 0 Å². The molecule has 0 unspecified atom stereocenters. The zero-order chi connectivity index (χ0) is 9.56. The van der Waals surface area contributed by atoms with E-state index in [4.69, 9.17) is 0 Å². The normalized spacial score (nSPS) is 12.0. The van der Waals surface area contributed by atoms with Crippen LogP contribution in [-0.4, -0.2) is 0 Å². The number of hydrogen-bond donors (Lipinski definition) is 0. The van der Waals surface area contributed by atoms with E-state index < -0.39 is 0 Å². The van der Waals surface area contributed by atoms with Crippen molar-refractivity contribution in [3.8, 4) is 0 Å². The lowest BCUT2D eigenvalue weighted by Crippen LogP contribution is -2.16. The second-order valence-corrected chi connectivity index (χ2v) is 3.99. The van der Waals surface area contributed by atoms with Crippen LogP contribution in [0.25, 0.3) is 0 Å². The largest absolute Gasteiger partial charge is 0.0654 e. The van der Waals surface area contributed by atoms with Crippen molar-refractivity contribution in [2.45, 2.75) is 60.3 Å². The molecule has 0 aliphatic carbocycles. The van der Waals surface area contributed by atoms with E-state index >= 15 is 0 Å². The Morgan fingerprint density at radius 3 is 1.75 bits per heavy atom. The summed E-state index contributed by atoms with van der Waals surface area (Å²) in [6, 6.07) is 0. The summed E-state index contributed by atoms with van der Waals surface area (Å²) >= 11 is 0. The molecule has 0 atom stereocenters. The molecule has 0 aromatic heterocycles. The minimum atomic E-state index is 0.787. The van der Waals surface area contributed by atoms with Gasteiger partial charge in [-0.2, -0.15) is 0 Å². The molecule has 0 rings (SSSR count). The third kappa shape index (κ3) is 3.60. The van der Waals surface area contributed by atoms with Gasteiger partial charge in [-0.1, -0.05) is 53.9 Å². The first-order chi connectivity index (χ1) is 5.67. The Hall–Kier alpha value is 0. The molecule has 0 N–H and O–H groups in total. The van der Waals surface area contributed by atoms with E-state index in [9.17, 15) is 0 Å². The predicted octanol–water partition coefficient (Wildman–Crippen LogP) is 4.45. The maximum absolute atomic E-state index is 2.34. The first kappa shape index (κ1) is 12.0. The lowest BCUT2D eigenvalue weighted by molar-refractivity contribution is 0.402. The van der Waals surface area contributed by atoms with Crippen LogP contribution in [0.1, 0.15) is 60.3 Å². The SMILES string of the molecule is CCC[C](C(C)C)C(CC)CC. The summed E-state index contributed by atoms with van der Waals surface area (Å²) in [5.41, 5.74) is 0. The van der Waals surface area contributed by atoms with Crippen LogP contribution in [0.2, 0.25) is 0 Å². The molecule has 0 aliphatic heterocycles. The van der Waals surface area contributed by atoms with E-state index in [1.54, 1.807) is 5.92 Å². The van der Waals surface area contributed by atoms with Gasteiger partial charge in [0, 0.05) is 0 Å². The van der Waals surface area contributed by atoms with E-state index in [0.29, 0.717) is 0 Å². The maximum atomic E-state index is 2.34. The molecule has 0 fully saturated rings. The van der Waals surface area contributed by atoms with E-state index in [1.807, 2.05) is 0 Å². The Kier molecular flexibility index (Phi) is 6.51. The van der Waals surface area contributed by atoms with Gasteiger partial charge in [0.25, 0.3) is 0 Å². The summed E-state index contributed by atoms with van der Waals surface area (Å²) in [5.74, 6) is 3.46. The Morgan fingerprint density at radius 2 is 1.50 bits per heavy atom. The molecule has 0 nitrogen and oxygen atoms in total. The standard InChI is InChI=1S/C12H25/c1-6-9-12(10(4)5)11(7-2)8-3/h10-11H,6-9H2,1-5H3. The van der Waals surface area contributed by atoms with Crippen LogP contribution in [0.15, 0.2) is 0 Å². The van der Waals surface area contributed by atoms with E-state index in [2.05, 4.69) is 34.6 Å². The quantitative estimate of drug-likeness (QED) is 0.551. The highest BCUT2D eigenvalue weighted by Crippen LogP contribution is 2.32. The lowest BCUT2D eigenvalue weighted by atomic mass is 9.78. The summed E-state index contributed by atoms with van der Waals surface area (Å²) < 4.78 is 0. The molecule has 1 radical (unpaired) electrons. The zero-order valence-corrected chi connectivity index (χ0v) is 9.48. The molecule has 0 saturated heterocycles. The maximum Gasteiger partial charge on any atom is -0.0185 e. The van der Waals surface area contributed by atoms with Gasteiger partial charge in [0.1, 0.15) is 0 Å². The van der Waals surface area contributed by atoms with Gasteiger partial charge in [0.15, 0.2) is 0 Å². The lowest BCUT2D eigenvalue weighted by Gasteiger charge is -2.27. The van der Waals surface area contributed by atoms with Gasteiger partial charge in [-0.3, -0.25) is 0 Å². The highest BCUT2D eigenvalue weighted by Gasteiger charge is 2.20. The van der Waals surface area contributed by atoms with Crippen LogP contribution in [0.4, 0.5) is 0 Å². The van der Waals surface area contributed by atoms with Crippen molar-refractivity contribution in [1.29, 1.82) is 0 Å². The van der Waals surface area contributed by atoms with Crippen molar-refractivity contribution in [3.63, 3.8) is 0 Å². The van der Waals surface area contributed by atoms with Crippen LogP contribution in [-0.2, 0) is 0 Å². The van der Waals surface area contributed by atoms with Gasteiger partial charge in [-0.15, -0.1) is 0 Å². The first-order valence-corrected chi connectivity index (χ1v) is 5.52. The van der Waals surface area contributed by atoms with E-state index in [0.717, 1.165) is 11.8 Å². The van der Waals surface area contributed by atoms with Crippen LogP contribution in [0.5, 0.6) is 0 Å². The van der Waals surface area contributed by atoms with Gasteiger partial charge < -0.3 is 0 Å². The minimum absolute atomic E-state index is 0.787. The van der Waals surface area contributed by atoms with Crippen molar-refractivity contribution in [2.75, 3.05) is 0 Å². The van der Waals surface area contributed by atoms with Crippen molar-refractivity contribution in [1.82, 2.24) is 0 Å². The Morgan fingerprint density at radius 1 is 1.00 bits per heavy atom. The molecule has 0 aromatic carbocycles. The Labute approximate surface area is 78.8 Å². The second kappa shape index (κ2) is 6.51. The zero-order valence-electron chi connectivity index (χ0n) is 9.48. The average molecular weight is 169 g/mol. The molecule has 0 amide bonds. The highest BCUT2D eigenvalue weighted by molar-refractivity contribution is 4.97. The molecule has 12 heavy (non-hydrogen) atoms. The molecule has 0 heteroatoms. The molecule has 0 bridgehead atoms. The molecule has 0 aromatic rings. The molecule has 0 aliphatic rings. The summed E-state index contributed by atoms with van der Waals surface area (Å²) in [4.78, 5) is 0. The van der Waals surface area contributed by atoms with Gasteiger partial charge >= 0.3 is 0 Å². The van der Waals surface area contributed by atoms with Gasteiger partial charge in [-0.05, 0) is 24.2 Å². The second-order valence-electron chi connectivity index (χ2n) is 3.99. The third-order valence-electron chi connectivity index (χ3n) is 2.79. The molecule has 0 heterocycles. The molecule has 0 saturated carbocycles. The van der Waals surface area contributed by atoms with Crippen molar-refractivity contribution >= 4 is 0 Å². The fourth-order valence-electron chi connectivity index (χ4n) is 2.07. The summed E-state index contributed by atoms with van der Waals surface area (Å²) in [6.45, 7) is 11.6. The van der Waals surface area contributed by atoms with E-state index in [-0.39, 0.29) is 0 Å². The number of rotatable bonds is 6. The van der Waals surface area contributed by atoms with Crippen LogP contribution < -0.4 is 0 Å². The monoisotopic (exact) mass is 169 g/mol. The number of hydrogen-bond acceptors (Lipinski definition) is 0. The van der Waals surface area contributed by atoms with Crippen LogP contribution >= 0.6 is 0 Å². The average Bonchev–Trinajstić information content (AvgIpc) is 2.05. The molecular formula is C12H25. The topological polar surface area (TPSA) is 0 Å². The molecule has 73 valence electrons. The fourth-order valence-corrected chi connectivity index (χ4v) is 2.07.